The highest BCUT2D eigenvalue weighted by Gasteiger charge is 2.29. The molecule has 2 rings (SSSR count). The van der Waals surface area contributed by atoms with E-state index in [1.807, 2.05) is 31.2 Å². The van der Waals surface area contributed by atoms with Gasteiger partial charge < -0.3 is 4.74 Å². The maximum Gasteiger partial charge on any atom is 0.243 e. The zero-order chi connectivity index (χ0) is 13.0. The quantitative estimate of drug-likeness (QED) is 0.639. The molecule has 4 nitrogen and oxygen atoms in total. The molecule has 1 aromatic carbocycles. The molecule has 0 unspecified atom stereocenters. The number of methoxy groups -OCH3 is 1. The van der Waals surface area contributed by atoms with Crippen molar-refractivity contribution in [2.75, 3.05) is 7.11 Å². The van der Waals surface area contributed by atoms with Gasteiger partial charge in [0.1, 0.15) is 5.75 Å². The molecule has 1 amide bonds. The number of rotatable bonds is 5. The molecule has 4 heteroatoms. The van der Waals surface area contributed by atoms with Crippen LogP contribution in [0.25, 0.3) is 0 Å². The highest BCUT2D eigenvalue weighted by Crippen LogP contribution is 2.28. The molecule has 1 fully saturated rings. The van der Waals surface area contributed by atoms with Gasteiger partial charge in [-0.05, 0) is 31.4 Å². The summed E-state index contributed by atoms with van der Waals surface area (Å²) in [7, 11) is 1.65. The Kier molecular flexibility index (Phi) is 3.97. The van der Waals surface area contributed by atoms with Crippen molar-refractivity contribution in [2.45, 2.75) is 26.2 Å². The smallest absolute Gasteiger partial charge is 0.243 e. The van der Waals surface area contributed by atoms with E-state index in [4.69, 9.17) is 4.74 Å². The van der Waals surface area contributed by atoms with Crippen LogP contribution in [0.4, 0.5) is 0 Å². The van der Waals surface area contributed by atoms with Crippen molar-refractivity contribution in [3.8, 4) is 5.75 Å². The Hall–Kier alpha value is -1.84. The minimum atomic E-state index is 0.0365. The highest BCUT2D eigenvalue weighted by atomic mass is 16.5. The third-order valence-corrected chi connectivity index (χ3v) is 2.94. The van der Waals surface area contributed by atoms with Crippen molar-refractivity contribution in [2.24, 2.45) is 11.0 Å². The second-order valence-electron chi connectivity index (χ2n) is 4.59. The van der Waals surface area contributed by atoms with Crippen molar-refractivity contribution in [1.82, 2.24) is 5.43 Å². The van der Waals surface area contributed by atoms with E-state index in [1.54, 1.807) is 7.11 Å². The maximum absolute atomic E-state index is 11.4. The third-order valence-electron chi connectivity index (χ3n) is 2.94. The molecule has 0 radical (unpaired) electrons. The predicted molar refractivity (Wildman–Crippen MR) is 70.7 cm³/mol. The number of nitrogens with one attached hydrogen (secondary N) is 1. The molecule has 1 aliphatic rings. The van der Waals surface area contributed by atoms with Gasteiger partial charge >= 0.3 is 0 Å². The fourth-order valence-electron chi connectivity index (χ4n) is 1.75. The van der Waals surface area contributed by atoms with E-state index < -0.39 is 0 Å². The van der Waals surface area contributed by atoms with Gasteiger partial charge in [0.2, 0.25) is 5.91 Å². The summed E-state index contributed by atoms with van der Waals surface area (Å²) in [6.07, 6.45) is 2.66. The van der Waals surface area contributed by atoms with E-state index in [9.17, 15) is 4.79 Å². The summed E-state index contributed by atoms with van der Waals surface area (Å²) in [6, 6.07) is 7.82. The van der Waals surface area contributed by atoms with E-state index in [1.165, 1.54) is 0 Å². The molecule has 0 saturated heterocycles. The minimum Gasteiger partial charge on any atom is -0.496 e. The summed E-state index contributed by atoms with van der Waals surface area (Å²) in [5, 5.41) is 4.12. The van der Waals surface area contributed by atoms with Crippen LogP contribution in [-0.2, 0) is 11.2 Å². The molecule has 0 aromatic heterocycles. The summed E-state index contributed by atoms with van der Waals surface area (Å²) in [5.74, 6) is 1.07. The van der Waals surface area contributed by atoms with Gasteiger partial charge in [0, 0.05) is 18.1 Å². The molecule has 1 saturated carbocycles. The van der Waals surface area contributed by atoms with E-state index >= 15 is 0 Å². The SMILES string of the molecule is COc1ccccc1CC(C)=NNC(=O)C1CC1. The second-order valence-corrected chi connectivity index (χ2v) is 4.59. The molecule has 0 spiro atoms. The van der Waals surface area contributed by atoms with Crippen molar-refractivity contribution in [3.05, 3.63) is 29.8 Å². The lowest BCUT2D eigenvalue weighted by Crippen LogP contribution is -2.21. The van der Waals surface area contributed by atoms with Crippen LogP contribution >= 0.6 is 0 Å². The molecule has 18 heavy (non-hydrogen) atoms. The van der Waals surface area contributed by atoms with Gasteiger partial charge in [-0.1, -0.05) is 18.2 Å². The molecular formula is C14H18N2O2. The van der Waals surface area contributed by atoms with Gasteiger partial charge in [0.15, 0.2) is 0 Å². The molecular weight excluding hydrogens is 228 g/mol. The zero-order valence-corrected chi connectivity index (χ0v) is 10.8. The molecule has 0 atom stereocenters. The summed E-state index contributed by atoms with van der Waals surface area (Å²) in [5.41, 5.74) is 4.55. The normalized spacial score (nSPS) is 15.3. The summed E-state index contributed by atoms with van der Waals surface area (Å²) < 4.78 is 5.28. The lowest BCUT2D eigenvalue weighted by atomic mass is 10.1. The molecule has 0 bridgehead atoms. The van der Waals surface area contributed by atoms with Crippen LogP contribution in [0.2, 0.25) is 0 Å². The highest BCUT2D eigenvalue weighted by molar-refractivity contribution is 5.87. The Morgan fingerprint density at radius 2 is 2.17 bits per heavy atom. The molecule has 96 valence electrons. The number of carbonyl (C=O) groups is 1. The van der Waals surface area contributed by atoms with Crippen LogP contribution in [0.5, 0.6) is 5.75 Å². The Morgan fingerprint density at radius 3 is 2.83 bits per heavy atom. The Balaban J connectivity index is 1.94. The molecule has 0 heterocycles. The van der Waals surface area contributed by atoms with Crippen molar-refractivity contribution in [1.29, 1.82) is 0 Å². The standard InChI is InChI=1S/C14H18N2O2/c1-10(15-16-14(17)11-7-8-11)9-12-5-3-4-6-13(12)18-2/h3-6,11H,7-9H2,1-2H3,(H,16,17). The average Bonchev–Trinajstić information content (AvgIpc) is 3.21. The van der Waals surface area contributed by atoms with Gasteiger partial charge in [-0.15, -0.1) is 0 Å². The van der Waals surface area contributed by atoms with E-state index in [2.05, 4.69) is 10.5 Å². The first-order valence-corrected chi connectivity index (χ1v) is 6.15. The van der Waals surface area contributed by atoms with Crippen LogP contribution in [0, 0.1) is 5.92 Å². The Labute approximate surface area is 107 Å². The van der Waals surface area contributed by atoms with Gasteiger partial charge in [-0.2, -0.15) is 5.10 Å². The first-order valence-electron chi connectivity index (χ1n) is 6.15. The van der Waals surface area contributed by atoms with Gasteiger partial charge in [-0.3, -0.25) is 4.79 Å². The largest absolute Gasteiger partial charge is 0.496 e. The monoisotopic (exact) mass is 246 g/mol. The predicted octanol–water partition coefficient (Wildman–Crippen LogP) is 2.14. The van der Waals surface area contributed by atoms with Crippen LogP contribution in [0.1, 0.15) is 25.3 Å². The van der Waals surface area contributed by atoms with Crippen molar-refractivity contribution < 1.29 is 9.53 Å². The Morgan fingerprint density at radius 1 is 1.44 bits per heavy atom. The molecule has 0 aliphatic heterocycles. The first kappa shape index (κ1) is 12.6. The van der Waals surface area contributed by atoms with Gasteiger partial charge in [0.25, 0.3) is 0 Å². The molecule has 1 aliphatic carbocycles. The number of hydrogen-bond donors (Lipinski definition) is 1. The van der Waals surface area contributed by atoms with Crippen LogP contribution in [-0.4, -0.2) is 18.7 Å². The summed E-state index contributed by atoms with van der Waals surface area (Å²) >= 11 is 0. The second kappa shape index (κ2) is 5.67. The first-order chi connectivity index (χ1) is 8.70. The summed E-state index contributed by atoms with van der Waals surface area (Å²) in [4.78, 5) is 11.4. The average molecular weight is 246 g/mol. The number of hydrogen-bond acceptors (Lipinski definition) is 3. The lowest BCUT2D eigenvalue weighted by Gasteiger charge is -2.07. The Bertz CT molecular complexity index is 465. The van der Waals surface area contributed by atoms with E-state index in [-0.39, 0.29) is 11.8 Å². The zero-order valence-electron chi connectivity index (χ0n) is 10.8. The number of hydrazone groups is 1. The van der Waals surface area contributed by atoms with Gasteiger partial charge in [0.05, 0.1) is 7.11 Å². The lowest BCUT2D eigenvalue weighted by molar-refractivity contribution is -0.122. The van der Waals surface area contributed by atoms with E-state index in [0.29, 0.717) is 6.42 Å². The fraction of sp³-hybridized carbons (Fsp3) is 0.429. The molecule has 1 N–H and O–H groups in total. The number of carbonyl (C=O) groups excluding carboxylic acids is 1. The topological polar surface area (TPSA) is 50.7 Å². The number of para-hydroxylation sites is 1. The van der Waals surface area contributed by atoms with Crippen molar-refractivity contribution >= 4 is 11.6 Å². The number of benzene rings is 1. The van der Waals surface area contributed by atoms with Crippen LogP contribution in [0.3, 0.4) is 0 Å². The van der Waals surface area contributed by atoms with Crippen LogP contribution in [0.15, 0.2) is 29.4 Å². The third kappa shape index (κ3) is 3.32. The van der Waals surface area contributed by atoms with Crippen molar-refractivity contribution in [3.63, 3.8) is 0 Å². The number of ether oxygens (including phenoxy) is 1. The van der Waals surface area contributed by atoms with Crippen LogP contribution < -0.4 is 10.2 Å². The van der Waals surface area contributed by atoms with E-state index in [0.717, 1.165) is 29.9 Å². The molecule has 1 aromatic rings. The fourth-order valence-corrected chi connectivity index (χ4v) is 1.75. The van der Waals surface area contributed by atoms with Gasteiger partial charge in [-0.25, -0.2) is 5.43 Å². The number of amides is 1. The number of nitrogens with zero attached hydrogens (tertiary/aromatic N) is 1. The maximum atomic E-state index is 11.4. The minimum absolute atomic E-state index is 0.0365. The summed E-state index contributed by atoms with van der Waals surface area (Å²) in [6.45, 7) is 1.90.